The third kappa shape index (κ3) is 5.23. The number of carbonyl (C=O) groups is 3. The first-order valence-corrected chi connectivity index (χ1v) is 14.6. The Balaban J connectivity index is 1.32. The molecule has 8 heteroatoms. The fraction of sp³-hybridized carbons (Fsp3) is 0.424. The Morgan fingerprint density at radius 2 is 1.80 bits per heavy atom. The average molecular weight is 556 g/mol. The van der Waals surface area contributed by atoms with Gasteiger partial charge in [-0.2, -0.15) is 0 Å². The number of benzene rings is 2. The van der Waals surface area contributed by atoms with E-state index in [-0.39, 0.29) is 41.6 Å². The van der Waals surface area contributed by atoms with Crippen molar-refractivity contribution in [1.82, 2.24) is 10.2 Å². The number of aryl methyl sites for hydroxylation is 2. The molecular weight excluding hydrogens is 518 g/mol. The van der Waals surface area contributed by atoms with Gasteiger partial charge >= 0.3 is 0 Å². The molecule has 3 atom stereocenters. The molecule has 3 unspecified atom stereocenters. The summed E-state index contributed by atoms with van der Waals surface area (Å²) in [5.41, 5.74) is 4.92. The number of fused-ring (bicyclic) bond motifs is 1. The maximum atomic E-state index is 14.1. The molecule has 0 bridgehead atoms. The molecule has 0 radical (unpaired) electrons. The largest absolute Gasteiger partial charge is 0.493 e. The first kappa shape index (κ1) is 27.1. The van der Waals surface area contributed by atoms with Crippen LogP contribution < -0.4 is 15.4 Å². The van der Waals surface area contributed by atoms with Gasteiger partial charge in [0.25, 0.3) is 11.8 Å². The molecule has 0 saturated heterocycles. The van der Waals surface area contributed by atoms with E-state index in [1.165, 1.54) is 12.5 Å². The van der Waals surface area contributed by atoms with Crippen LogP contribution in [0.15, 0.2) is 60.4 Å². The predicted molar refractivity (Wildman–Crippen MR) is 155 cm³/mol. The molecule has 214 valence electrons. The summed E-state index contributed by atoms with van der Waals surface area (Å²) in [5.74, 6) is -0.781. The van der Waals surface area contributed by atoms with E-state index in [4.69, 9.17) is 9.47 Å². The molecule has 4 aliphatic rings. The van der Waals surface area contributed by atoms with E-state index in [0.29, 0.717) is 12.3 Å². The Morgan fingerprint density at radius 3 is 2.54 bits per heavy atom. The van der Waals surface area contributed by atoms with Crippen molar-refractivity contribution in [2.45, 2.75) is 77.1 Å². The van der Waals surface area contributed by atoms with Gasteiger partial charge in [0.1, 0.15) is 23.5 Å². The minimum absolute atomic E-state index is 0.0651. The minimum Gasteiger partial charge on any atom is -0.493 e. The molecule has 0 spiro atoms. The Morgan fingerprint density at radius 1 is 1.05 bits per heavy atom. The molecule has 2 N–H and O–H groups in total. The van der Waals surface area contributed by atoms with Crippen molar-refractivity contribution in [2.24, 2.45) is 5.92 Å². The molecule has 3 amide bonds. The number of hydrogen-bond donors (Lipinski definition) is 2. The zero-order valence-corrected chi connectivity index (χ0v) is 23.7. The summed E-state index contributed by atoms with van der Waals surface area (Å²) in [5, 5.41) is 6.17. The number of hydrogen-bond acceptors (Lipinski definition) is 5. The summed E-state index contributed by atoms with van der Waals surface area (Å²) < 4.78 is 11.9. The van der Waals surface area contributed by atoms with Gasteiger partial charge in [-0.1, -0.05) is 50.1 Å². The van der Waals surface area contributed by atoms with Crippen molar-refractivity contribution in [2.75, 3.05) is 11.9 Å². The Hall–Kier alpha value is -4.07. The smallest absolute Gasteiger partial charge is 0.255 e. The van der Waals surface area contributed by atoms with Gasteiger partial charge in [-0.15, -0.1) is 0 Å². The van der Waals surface area contributed by atoms with Crippen molar-refractivity contribution in [3.05, 3.63) is 82.6 Å². The fourth-order valence-corrected chi connectivity index (χ4v) is 6.68. The second-order valence-electron chi connectivity index (χ2n) is 11.7. The van der Waals surface area contributed by atoms with E-state index in [1.54, 1.807) is 4.90 Å². The second-order valence-corrected chi connectivity index (χ2v) is 11.7. The number of carbonyl (C=O) groups excluding carboxylic acids is 3. The maximum Gasteiger partial charge on any atom is 0.255 e. The molecule has 1 fully saturated rings. The SMILES string of the molecule is C=CC1OC2=C(C(=O)N(Cc3ccc4c(c3)CCO4)C2C(=O)NC2CCCCC2)C1C(=O)Nc1cc(C)cc(C)c1. The first-order valence-electron chi connectivity index (χ1n) is 14.6. The lowest BCUT2D eigenvalue weighted by atomic mass is 9.93. The number of anilines is 1. The molecule has 8 nitrogen and oxygen atoms in total. The molecule has 2 aromatic rings. The summed E-state index contributed by atoms with van der Waals surface area (Å²) in [7, 11) is 0. The van der Waals surface area contributed by atoms with Gasteiger partial charge in [-0.05, 0) is 67.1 Å². The van der Waals surface area contributed by atoms with Gasteiger partial charge in [0.2, 0.25) is 5.91 Å². The highest BCUT2D eigenvalue weighted by Gasteiger charge is 2.55. The van der Waals surface area contributed by atoms with Crippen LogP contribution in [0, 0.1) is 19.8 Å². The molecule has 6 rings (SSSR count). The minimum atomic E-state index is -0.953. The normalized spacial score (nSPS) is 23.5. The highest BCUT2D eigenvalue weighted by molar-refractivity contribution is 6.10. The molecule has 0 aromatic heterocycles. The summed E-state index contributed by atoms with van der Waals surface area (Å²) in [6, 6.07) is 10.8. The van der Waals surface area contributed by atoms with E-state index >= 15 is 0 Å². The van der Waals surface area contributed by atoms with Gasteiger partial charge in [-0.25, -0.2) is 0 Å². The molecular formula is C33H37N3O5. The van der Waals surface area contributed by atoms with Gasteiger partial charge in [0.05, 0.1) is 12.2 Å². The van der Waals surface area contributed by atoms with Gasteiger partial charge in [-0.3, -0.25) is 14.4 Å². The summed E-state index contributed by atoms with van der Waals surface area (Å²) in [6.45, 7) is 8.66. The van der Waals surface area contributed by atoms with Crippen molar-refractivity contribution < 1.29 is 23.9 Å². The van der Waals surface area contributed by atoms with E-state index in [1.807, 2.05) is 50.2 Å². The lowest BCUT2D eigenvalue weighted by molar-refractivity contribution is -0.138. The van der Waals surface area contributed by atoms with Crippen LogP contribution in [-0.2, 0) is 32.1 Å². The van der Waals surface area contributed by atoms with Gasteiger partial charge < -0.3 is 25.0 Å². The highest BCUT2D eigenvalue weighted by atomic mass is 16.5. The third-order valence-corrected chi connectivity index (χ3v) is 8.53. The van der Waals surface area contributed by atoms with Crippen LogP contribution in [0.3, 0.4) is 0 Å². The number of rotatable bonds is 7. The molecule has 41 heavy (non-hydrogen) atoms. The van der Waals surface area contributed by atoms with Gasteiger partial charge in [0.15, 0.2) is 6.04 Å². The van der Waals surface area contributed by atoms with Crippen molar-refractivity contribution >= 4 is 23.4 Å². The maximum absolute atomic E-state index is 14.1. The van der Waals surface area contributed by atoms with Gasteiger partial charge in [0, 0.05) is 24.7 Å². The second kappa shape index (κ2) is 11.1. The van der Waals surface area contributed by atoms with Crippen LogP contribution in [0.2, 0.25) is 0 Å². The van der Waals surface area contributed by atoms with Crippen LogP contribution in [-0.4, -0.2) is 47.4 Å². The lowest BCUT2D eigenvalue weighted by Crippen LogP contribution is -2.50. The van der Waals surface area contributed by atoms with Crippen molar-refractivity contribution in [3.8, 4) is 5.75 Å². The average Bonchev–Trinajstić information content (AvgIpc) is 3.62. The van der Waals surface area contributed by atoms with Crippen LogP contribution in [0.4, 0.5) is 5.69 Å². The Kier molecular flexibility index (Phi) is 7.32. The van der Waals surface area contributed by atoms with Crippen LogP contribution in [0.5, 0.6) is 5.75 Å². The fourth-order valence-electron chi connectivity index (χ4n) is 6.68. The lowest BCUT2D eigenvalue weighted by Gasteiger charge is -2.31. The molecule has 3 heterocycles. The van der Waals surface area contributed by atoms with Crippen LogP contribution in [0.1, 0.15) is 54.4 Å². The first-order chi connectivity index (χ1) is 19.8. The zero-order chi connectivity index (χ0) is 28.7. The summed E-state index contributed by atoms with van der Waals surface area (Å²) in [4.78, 5) is 43.3. The molecule has 1 saturated carbocycles. The number of nitrogens with zero attached hydrogens (tertiary/aromatic N) is 1. The van der Waals surface area contributed by atoms with Crippen LogP contribution >= 0.6 is 0 Å². The van der Waals surface area contributed by atoms with Crippen LogP contribution in [0.25, 0.3) is 0 Å². The number of ether oxygens (including phenoxy) is 2. The van der Waals surface area contributed by atoms with Crippen molar-refractivity contribution in [1.29, 1.82) is 0 Å². The summed E-state index contributed by atoms with van der Waals surface area (Å²) in [6.07, 6.45) is 6.73. The van der Waals surface area contributed by atoms with E-state index in [2.05, 4.69) is 17.2 Å². The molecule has 1 aliphatic carbocycles. The highest BCUT2D eigenvalue weighted by Crippen LogP contribution is 2.43. The number of amides is 3. The van der Waals surface area contributed by atoms with E-state index < -0.39 is 18.1 Å². The molecule has 3 aliphatic heterocycles. The zero-order valence-electron chi connectivity index (χ0n) is 23.7. The number of nitrogens with one attached hydrogen (secondary N) is 2. The predicted octanol–water partition coefficient (Wildman–Crippen LogP) is 4.49. The Bertz CT molecular complexity index is 1420. The quantitative estimate of drug-likeness (QED) is 0.491. The monoisotopic (exact) mass is 555 g/mol. The van der Waals surface area contributed by atoms with Crippen molar-refractivity contribution in [3.63, 3.8) is 0 Å². The third-order valence-electron chi connectivity index (χ3n) is 8.53. The topological polar surface area (TPSA) is 97.0 Å². The van der Waals surface area contributed by atoms with E-state index in [0.717, 1.165) is 60.1 Å². The Labute approximate surface area is 240 Å². The summed E-state index contributed by atoms with van der Waals surface area (Å²) >= 11 is 0. The molecule has 2 aromatic carbocycles. The van der Waals surface area contributed by atoms with E-state index in [9.17, 15) is 14.4 Å². The standard InChI is InChI=1S/C33H37N3O5/c1-4-25-27(31(37)35-24-15-19(2)14-20(3)16-24)28-30(41-25)29(32(38)34-23-8-6-5-7-9-23)36(33(28)39)18-21-10-11-26-22(17-21)12-13-40-26/h4,10-11,14-17,23,25,27,29H,1,5-9,12-13,18H2,2-3H3,(H,34,38)(H,35,37).